The molecule has 1 heterocycles. The number of aryl methyl sites for hydroxylation is 1. The zero-order valence-electron chi connectivity index (χ0n) is 11.2. The van der Waals surface area contributed by atoms with Gasteiger partial charge in [0.15, 0.2) is 5.16 Å². The van der Waals surface area contributed by atoms with E-state index in [4.69, 9.17) is 0 Å². The van der Waals surface area contributed by atoms with Crippen LogP contribution in [-0.4, -0.2) is 26.2 Å². The molecular weight excluding hydrogens is 278 g/mol. The lowest BCUT2D eigenvalue weighted by Gasteiger charge is -2.10. The van der Waals surface area contributed by atoms with Crippen LogP contribution < -0.4 is 5.32 Å². The number of nitro groups is 1. The highest BCUT2D eigenvalue weighted by Gasteiger charge is 2.12. The third kappa shape index (κ3) is 3.27. The lowest BCUT2D eigenvalue weighted by molar-refractivity contribution is -0.384. The number of anilines is 1. The average molecular weight is 293 g/mol. The number of nitrogens with one attached hydrogen (secondary N) is 1. The standard InChI is InChI=1S/C12H15N5O2S/c1-3-13-11-5-4-10(17(18)19)6-9(11)7-20-12-15-14-8-16(12)2/h4-6,8,13H,3,7H2,1-2H3. The van der Waals surface area contributed by atoms with E-state index < -0.39 is 0 Å². The van der Waals surface area contributed by atoms with Crippen molar-refractivity contribution in [1.29, 1.82) is 0 Å². The molecule has 0 bridgehead atoms. The molecule has 0 saturated heterocycles. The number of hydrogen-bond donors (Lipinski definition) is 1. The van der Waals surface area contributed by atoms with Crippen LogP contribution in [0.5, 0.6) is 0 Å². The Kier molecular flexibility index (Phi) is 4.57. The van der Waals surface area contributed by atoms with Crippen LogP contribution in [0.1, 0.15) is 12.5 Å². The summed E-state index contributed by atoms with van der Waals surface area (Å²) in [4.78, 5) is 10.5. The Hall–Kier alpha value is -2.09. The van der Waals surface area contributed by atoms with Gasteiger partial charge < -0.3 is 9.88 Å². The summed E-state index contributed by atoms with van der Waals surface area (Å²) in [7, 11) is 1.86. The van der Waals surface area contributed by atoms with Crippen molar-refractivity contribution in [3.8, 4) is 0 Å². The normalized spacial score (nSPS) is 10.5. The summed E-state index contributed by atoms with van der Waals surface area (Å²) in [6.07, 6.45) is 1.63. The smallest absolute Gasteiger partial charge is 0.269 e. The van der Waals surface area contributed by atoms with Gasteiger partial charge in [0.05, 0.1) is 4.92 Å². The van der Waals surface area contributed by atoms with E-state index in [1.807, 2.05) is 18.5 Å². The van der Waals surface area contributed by atoms with E-state index in [9.17, 15) is 10.1 Å². The quantitative estimate of drug-likeness (QED) is 0.500. The Labute approximate surface area is 120 Å². The SMILES string of the molecule is CCNc1ccc([N+](=O)[O-])cc1CSc1nncn1C. The fourth-order valence-electron chi connectivity index (χ4n) is 1.72. The molecule has 0 atom stereocenters. The maximum atomic E-state index is 10.9. The van der Waals surface area contributed by atoms with Crippen LogP contribution in [0, 0.1) is 10.1 Å². The molecule has 0 amide bonds. The summed E-state index contributed by atoms with van der Waals surface area (Å²) >= 11 is 1.49. The highest BCUT2D eigenvalue weighted by molar-refractivity contribution is 7.98. The summed E-state index contributed by atoms with van der Waals surface area (Å²) in [5, 5.41) is 22.6. The van der Waals surface area contributed by atoms with E-state index in [0.717, 1.165) is 23.0 Å². The third-order valence-electron chi connectivity index (χ3n) is 2.69. The molecule has 0 unspecified atom stereocenters. The molecule has 0 spiro atoms. The molecule has 8 heteroatoms. The lowest BCUT2D eigenvalue weighted by Crippen LogP contribution is -2.01. The predicted octanol–water partition coefficient (Wildman–Crippen LogP) is 2.45. The molecular formula is C12H15N5O2S. The number of rotatable bonds is 6. The molecule has 0 radical (unpaired) electrons. The van der Waals surface area contributed by atoms with Gasteiger partial charge in [0.2, 0.25) is 0 Å². The highest BCUT2D eigenvalue weighted by atomic mass is 32.2. The molecule has 1 aromatic carbocycles. The van der Waals surface area contributed by atoms with Gasteiger partial charge in [-0.2, -0.15) is 0 Å². The van der Waals surface area contributed by atoms with Crippen molar-refractivity contribution in [1.82, 2.24) is 14.8 Å². The molecule has 0 aliphatic heterocycles. The lowest BCUT2D eigenvalue weighted by atomic mass is 10.2. The minimum absolute atomic E-state index is 0.0974. The van der Waals surface area contributed by atoms with Gasteiger partial charge in [0.1, 0.15) is 6.33 Å². The summed E-state index contributed by atoms with van der Waals surface area (Å²) in [6, 6.07) is 4.85. The summed E-state index contributed by atoms with van der Waals surface area (Å²) in [5.74, 6) is 0.594. The number of thioether (sulfide) groups is 1. The van der Waals surface area contributed by atoms with Crippen LogP contribution in [-0.2, 0) is 12.8 Å². The van der Waals surface area contributed by atoms with Crippen molar-refractivity contribution >= 4 is 23.1 Å². The van der Waals surface area contributed by atoms with Gasteiger partial charge in [-0.05, 0) is 18.6 Å². The van der Waals surface area contributed by atoms with Crippen molar-refractivity contribution in [3.63, 3.8) is 0 Å². The monoisotopic (exact) mass is 293 g/mol. The predicted molar refractivity (Wildman–Crippen MR) is 77.8 cm³/mol. The Bertz CT molecular complexity index is 614. The van der Waals surface area contributed by atoms with Gasteiger partial charge in [0.25, 0.3) is 5.69 Å². The minimum atomic E-state index is -0.383. The summed E-state index contributed by atoms with van der Waals surface area (Å²) in [5.41, 5.74) is 1.89. The zero-order valence-corrected chi connectivity index (χ0v) is 12.1. The largest absolute Gasteiger partial charge is 0.385 e. The first kappa shape index (κ1) is 14.3. The number of non-ortho nitro benzene ring substituents is 1. The number of aromatic nitrogens is 3. The van der Waals surface area contributed by atoms with Crippen LogP contribution in [0.15, 0.2) is 29.7 Å². The summed E-state index contributed by atoms with van der Waals surface area (Å²) in [6.45, 7) is 2.75. The molecule has 20 heavy (non-hydrogen) atoms. The van der Waals surface area contributed by atoms with Crippen LogP contribution in [0.4, 0.5) is 11.4 Å². The number of hydrogen-bond acceptors (Lipinski definition) is 6. The first-order valence-electron chi connectivity index (χ1n) is 6.09. The van der Waals surface area contributed by atoms with E-state index in [-0.39, 0.29) is 10.6 Å². The van der Waals surface area contributed by atoms with Crippen molar-refractivity contribution in [3.05, 3.63) is 40.2 Å². The molecule has 2 rings (SSSR count). The first-order valence-corrected chi connectivity index (χ1v) is 7.08. The molecule has 1 N–H and O–H groups in total. The molecule has 0 fully saturated rings. The molecule has 7 nitrogen and oxygen atoms in total. The topological polar surface area (TPSA) is 85.9 Å². The van der Waals surface area contributed by atoms with E-state index in [2.05, 4.69) is 15.5 Å². The second-order valence-corrected chi connectivity index (χ2v) is 5.08. The van der Waals surface area contributed by atoms with Crippen LogP contribution >= 0.6 is 11.8 Å². The van der Waals surface area contributed by atoms with Gasteiger partial charge in [-0.25, -0.2) is 0 Å². The second-order valence-electron chi connectivity index (χ2n) is 4.14. The van der Waals surface area contributed by atoms with E-state index in [1.165, 1.54) is 17.8 Å². The molecule has 0 aliphatic carbocycles. The van der Waals surface area contributed by atoms with Gasteiger partial charge >= 0.3 is 0 Å². The minimum Gasteiger partial charge on any atom is -0.385 e. The van der Waals surface area contributed by atoms with Crippen molar-refractivity contribution < 1.29 is 4.92 Å². The Morgan fingerprint density at radius 2 is 2.30 bits per heavy atom. The average Bonchev–Trinajstić information content (AvgIpc) is 2.83. The van der Waals surface area contributed by atoms with E-state index >= 15 is 0 Å². The molecule has 0 aliphatic rings. The van der Waals surface area contributed by atoms with E-state index in [0.29, 0.717) is 5.75 Å². The molecule has 2 aromatic rings. The maximum Gasteiger partial charge on any atom is 0.269 e. The Morgan fingerprint density at radius 1 is 1.50 bits per heavy atom. The fraction of sp³-hybridized carbons (Fsp3) is 0.333. The zero-order chi connectivity index (χ0) is 14.5. The van der Waals surface area contributed by atoms with Gasteiger partial charge in [0, 0.05) is 37.2 Å². The number of nitro benzene ring substituents is 1. The van der Waals surface area contributed by atoms with Crippen molar-refractivity contribution in [2.45, 2.75) is 17.8 Å². The van der Waals surface area contributed by atoms with Crippen molar-refractivity contribution in [2.24, 2.45) is 7.05 Å². The van der Waals surface area contributed by atoms with Crippen LogP contribution in [0.25, 0.3) is 0 Å². The molecule has 1 aromatic heterocycles. The fourth-order valence-corrected chi connectivity index (χ4v) is 2.60. The Balaban J connectivity index is 2.21. The van der Waals surface area contributed by atoms with Crippen LogP contribution in [0.2, 0.25) is 0 Å². The Morgan fingerprint density at radius 3 is 2.90 bits per heavy atom. The number of benzene rings is 1. The molecule has 0 saturated carbocycles. The third-order valence-corrected chi connectivity index (χ3v) is 3.78. The number of nitrogens with zero attached hydrogens (tertiary/aromatic N) is 4. The van der Waals surface area contributed by atoms with Crippen LogP contribution in [0.3, 0.4) is 0 Å². The van der Waals surface area contributed by atoms with Crippen molar-refractivity contribution in [2.75, 3.05) is 11.9 Å². The molecule has 106 valence electrons. The van der Waals surface area contributed by atoms with E-state index in [1.54, 1.807) is 18.5 Å². The second kappa shape index (κ2) is 6.38. The van der Waals surface area contributed by atoms with Gasteiger partial charge in [-0.3, -0.25) is 10.1 Å². The van der Waals surface area contributed by atoms with Gasteiger partial charge in [-0.1, -0.05) is 11.8 Å². The first-order chi connectivity index (χ1) is 9.61. The highest BCUT2D eigenvalue weighted by Crippen LogP contribution is 2.28. The van der Waals surface area contributed by atoms with Gasteiger partial charge in [-0.15, -0.1) is 10.2 Å². The maximum absolute atomic E-state index is 10.9. The summed E-state index contributed by atoms with van der Waals surface area (Å²) < 4.78 is 1.81.